The predicted molar refractivity (Wildman–Crippen MR) is 173 cm³/mol. The first-order valence-electron chi connectivity index (χ1n) is 16.3. The zero-order valence-corrected chi connectivity index (χ0v) is 27.9. The fourth-order valence-electron chi connectivity index (χ4n) is 6.11. The summed E-state index contributed by atoms with van der Waals surface area (Å²) in [7, 11) is 0. The summed E-state index contributed by atoms with van der Waals surface area (Å²) < 4.78 is 61.9. The van der Waals surface area contributed by atoms with Crippen LogP contribution in [0.15, 0.2) is 48.5 Å². The lowest BCUT2D eigenvalue weighted by Gasteiger charge is -2.46. The van der Waals surface area contributed by atoms with Crippen LogP contribution in [0.3, 0.4) is 0 Å². The van der Waals surface area contributed by atoms with Gasteiger partial charge in [-0.3, -0.25) is 9.59 Å². The summed E-state index contributed by atoms with van der Waals surface area (Å²) in [5.41, 5.74) is -1.51. The minimum atomic E-state index is -4.60. The molecule has 0 aliphatic carbocycles. The van der Waals surface area contributed by atoms with Crippen molar-refractivity contribution in [3.63, 3.8) is 0 Å². The van der Waals surface area contributed by atoms with Crippen LogP contribution in [-0.2, 0) is 46.8 Å². The molecule has 2 fully saturated rings. The summed E-state index contributed by atoms with van der Waals surface area (Å²) in [5, 5.41) is 57.7. The van der Waals surface area contributed by atoms with Gasteiger partial charge in [-0.05, 0) is 48.2 Å². The highest BCUT2D eigenvalue weighted by Crippen LogP contribution is 2.38. The zero-order valence-electron chi connectivity index (χ0n) is 27.9. The maximum atomic E-state index is 13.7. The number of aliphatic hydroxyl groups excluding tert-OH is 4. The Kier molecular flexibility index (Phi) is 13.6. The molecule has 0 bridgehead atoms. The second kappa shape index (κ2) is 17.5. The van der Waals surface area contributed by atoms with Crippen LogP contribution < -0.4 is 15.4 Å². The second-order valence-electron chi connectivity index (χ2n) is 12.4. The van der Waals surface area contributed by atoms with Gasteiger partial charge in [-0.15, -0.1) is 12.3 Å². The zero-order chi connectivity index (χ0) is 38.1. The number of hydrogen-bond donors (Lipinski definition) is 7. The molecule has 2 aliphatic heterocycles. The number of alkyl halides is 3. The molecule has 0 aromatic heterocycles. The summed E-state index contributed by atoms with van der Waals surface area (Å²) in [5.74, 6) is -3.08. The van der Waals surface area contributed by atoms with E-state index in [0.717, 1.165) is 12.1 Å². The molecule has 4 rings (SSSR count). The van der Waals surface area contributed by atoms with E-state index in [4.69, 9.17) is 25.4 Å². The first-order valence-corrected chi connectivity index (χ1v) is 16.3. The van der Waals surface area contributed by atoms with Gasteiger partial charge in [0.15, 0.2) is 0 Å². The monoisotopic (exact) mass is 738 g/mol. The van der Waals surface area contributed by atoms with Crippen molar-refractivity contribution in [2.45, 2.75) is 80.1 Å². The van der Waals surface area contributed by atoms with Crippen molar-refractivity contribution in [3.8, 4) is 18.1 Å². The van der Waals surface area contributed by atoms with Crippen LogP contribution in [0.25, 0.3) is 0 Å². The van der Waals surface area contributed by atoms with Gasteiger partial charge in [-0.2, -0.15) is 13.2 Å². The van der Waals surface area contributed by atoms with Gasteiger partial charge in [-0.1, -0.05) is 24.3 Å². The number of aliphatic carboxylic acids is 1. The number of amides is 2. The number of nitrogens with one attached hydrogen (secondary N) is 2. The van der Waals surface area contributed by atoms with Gasteiger partial charge in [0, 0.05) is 32.6 Å². The lowest BCUT2D eigenvalue weighted by atomic mass is 9.73. The van der Waals surface area contributed by atoms with E-state index in [9.17, 15) is 53.1 Å². The fourth-order valence-corrected chi connectivity index (χ4v) is 6.11. The van der Waals surface area contributed by atoms with E-state index in [1.54, 1.807) is 24.3 Å². The minimum absolute atomic E-state index is 0.0933. The van der Waals surface area contributed by atoms with E-state index in [-0.39, 0.29) is 44.8 Å². The predicted octanol–water partition coefficient (Wildman–Crippen LogP) is 0.618. The lowest BCUT2D eigenvalue weighted by molar-refractivity contribution is -0.314. The number of benzene rings is 2. The molecule has 52 heavy (non-hydrogen) atoms. The third kappa shape index (κ3) is 9.58. The molecule has 0 radical (unpaired) electrons. The van der Waals surface area contributed by atoms with E-state index in [2.05, 4.69) is 16.6 Å². The van der Waals surface area contributed by atoms with Gasteiger partial charge < -0.3 is 55.1 Å². The number of carbonyl (C=O) groups excluding carboxylic acids is 2. The summed E-state index contributed by atoms with van der Waals surface area (Å²) in [6.45, 7) is -1.57. The molecule has 17 heteroatoms. The molecule has 2 saturated heterocycles. The molecule has 0 unspecified atom stereocenters. The molecule has 6 atom stereocenters. The smallest absolute Gasteiger partial charge is 0.416 e. The number of aliphatic hydroxyl groups is 4. The minimum Gasteiger partial charge on any atom is -0.493 e. The summed E-state index contributed by atoms with van der Waals surface area (Å²) in [4.78, 5) is 38.4. The van der Waals surface area contributed by atoms with Gasteiger partial charge in [-0.25, -0.2) is 4.79 Å². The van der Waals surface area contributed by atoms with Crippen molar-refractivity contribution >= 4 is 17.8 Å². The van der Waals surface area contributed by atoms with E-state index < -0.39 is 90.8 Å². The molecule has 7 N–H and O–H groups in total. The Morgan fingerprint density at radius 1 is 1.06 bits per heavy atom. The molecule has 2 aliphatic rings. The van der Waals surface area contributed by atoms with Crippen molar-refractivity contribution in [3.05, 3.63) is 65.2 Å². The first-order chi connectivity index (χ1) is 24.7. The number of carbonyl (C=O) groups is 3. The van der Waals surface area contributed by atoms with Gasteiger partial charge >= 0.3 is 12.1 Å². The van der Waals surface area contributed by atoms with Gasteiger partial charge in [0.05, 0.1) is 42.4 Å². The summed E-state index contributed by atoms with van der Waals surface area (Å²) >= 11 is 0. The lowest BCUT2D eigenvalue weighted by Crippen LogP contribution is -2.68. The van der Waals surface area contributed by atoms with Crippen molar-refractivity contribution in [1.82, 2.24) is 10.6 Å². The quantitative estimate of drug-likeness (QED) is 0.0990. The Balaban J connectivity index is 1.51. The number of halogens is 3. The normalized spacial score (nSPS) is 24.2. The highest BCUT2D eigenvalue weighted by atomic mass is 19.4. The van der Waals surface area contributed by atoms with Crippen molar-refractivity contribution in [1.29, 1.82) is 0 Å². The maximum Gasteiger partial charge on any atom is 0.416 e. The Morgan fingerprint density at radius 3 is 2.29 bits per heavy atom. The standard InChI is InChI=1S/C35H41F3N2O12/c1-2-3-14-50-24-10-4-21(5-11-24)20-51-34(32(47)48)17-25(42)28(40-27(44)19-41)30(52-34)29(45)26(43)18-39-31(46)33(12-15-49-16-13-33)22-6-8-23(9-7-22)35(36,37)38/h1,4-11,25-26,28-30,41-43,45H,3,12-20H2,(H,39,46)(H,40,44)(H,47,48)/t25-,26+,28+,29+,30+,34+/m0/s1. The molecule has 14 nitrogen and oxygen atoms in total. The Labute approximate surface area is 296 Å². The highest BCUT2D eigenvalue weighted by Gasteiger charge is 2.56. The van der Waals surface area contributed by atoms with Crippen LogP contribution >= 0.6 is 0 Å². The molecule has 0 spiro atoms. The molecular weight excluding hydrogens is 697 g/mol. The van der Waals surface area contributed by atoms with Crippen LogP contribution in [0.5, 0.6) is 5.75 Å². The van der Waals surface area contributed by atoms with E-state index >= 15 is 0 Å². The molecule has 2 aromatic rings. The van der Waals surface area contributed by atoms with Crippen LogP contribution in [0.4, 0.5) is 13.2 Å². The molecule has 0 saturated carbocycles. The third-order valence-corrected chi connectivity index (χ3v) is 9.03. The number of terminal acetylenes is 1. The number of rotatable bonds is 15. The topological polar surface area (TPSA) is 213 Å². The molecule has 284 valence electrons. The molecule has 2 aromatic carbocycles. The number of carboxylic acid groups (broad SMARTS) is 1. The average molecular weight is 739 g/mol. The maximum absolute atomic E-state index is 13.7. The van der Waals surface area contributed by atoms with Crippen LogP contribution in [-0.4, -0.2) is 113 Å². The van der Waals surface area contributed by atoms with Crippen molar-refractivity contribution < 1.29 is 72.0 Å². The van der Waals surface area contributed by atoms with E-state index in [1.165, 1.54) is 12.1 Å². The molecule has 2 heterocycles. The first kappa shape index (κ1) is 40.5. The van der Waals surface area contributed by atoms with Crippen LogP contribution in [0.2, 0.25) is 0 Å². The largest absolute Gasteiger partial charge is 0.493 e. The molecular formula is C35H41F3N2O12. The van der Waals surface area contributed by atoms with Crippen molar-refractivity contribution in [2.24, 2.45) is 0 Å². The SMILES string of the molecule is C#CCCOc1ccc(CO[C@]2(C(=O)O)C[C@H](O)[C@@H](NC(=O)CO)[C@H]([C@H](O)[C@H](O)CNC(=O)C3(c4ccc(C(F)(F)F)cc4)CCOCC3)O2)cc1. The Hall–Kier alpha value is -4.28. The number of carboxylic acids is 1. The van der Waals surface area contributed by atoms with Gasteiger partial charge in [0.2, 0.25) is 11.8 Å². The number of hydrogen-bond acceptors (Lipinski definition) is 11. The second-order valence-corrected chi connectivity index (χ2v) is 12.4. The summed E-state index contributed by atoms with van der Waals surface area (Å²) in [6.07, 6.45) is -7.18. The summed E-state index contributed by atoms with van der Waals surface area (Å²) in [6, 6.07) is 8.89. The van der Waals surface area contributed by atoms with Crippen LogP contribution in [0.1, 0.15) is 42.4 Å². The Morgan fingerprint density at radius 2 is 1.71 bits per heavy atom. The highest BCUT2D eigenvalue weighted by molar-refractivity contribution is 5.88. The molecule has 2 amide bonds. The van der Waals surface area contributed by atoms with Crippen molar-refractivity contribution in [2.75, 3.05) is 33.0 Å². The average Bonchev–Trinajstić information content (AvgIpc) is 3.13. The third-order valence-electron chi connectivity index (χ3n) is 9.03. The fraction of sp³-hybridized carbons (Fsp3) is 0.514. The van der Waals surface area contributed by atoms with E-state index in [1.807, 2.05) is 0 Å². The van der Waals surface area contributed by atoms with Gasteiger partial charge in [0.1, 0.15) is 24.6 Å². The number of ether oxygens (including phenoxy) is 4. The van der Waals surface area contributed by atoms with Gasteiger partial charge in [0.25, 0.3) is 5.79 Å². The Bertz CT molecular complexity index is 1560. The van der Waals surface area contributed by atoms with Crippen LogP contribution in [0, 0.1) is 12.3 Å². The van der Waals surface area contributed by atoms with E-state index in [0.29, 0.717) is 17.7 Å².